The van der Waals surface area contributed by atoms with Crippen LogP contribution in [0.4, 0.5) is 10.5 Å². The van der Waals surface area contributed by atoms with E-state index in [1.807, 2.05) is 11.1 Å². The fourth-order valence-electron chi connectivity index (χ4n) is 5.70. The van der Waals surface area contributed by atoms with Crippen LogP contribution in [0.25, 0.3) is 11.1 Å². The van der Waals surface area contributed by atoms with E-state index in [1.165, 1.54) is 12.6 Å². The molecule has 2 heterocycles. The van der Waals surface area contributed by atoms with Crippen molar-refractivity contribution in [1.82, 2.24) is 20.0 Å². The predicted octanol–water partition coefficient (Wildman–Crippen LogP) is 4.72. The van der Waals surface area contributed by atoms with E-state index in [1.54, 1.807) is 30.6 Å². The average molecular weight is 520 g/mol. The summed E-state index contributed by atoms with van der Waals surface area (Å²) in [5.74, 6) is 0.279. The predicted molar refractivity (Wildman–Crippen MR) is 144 cm³/mol. The Morgan fingerprint density at radius 1 is 1.11 bits per heavy atom. The van der Waals surface area contributed by atoms with Gasteiger partial charge in [0, 0.05) is 36.0 Å². The van der Waals surface area contributed by atoms with Gasteiger partial charge >= 0.3 is 6.03 Å². The summed E-state index contributed by atoms with van der Waals surface area (Å²) in [7, 11) is -2.11. The van der Waals surface area contributed by atoms with Gasteiger partial charge in [0.25, 0.3) is 0 Å². The molecule has 3 aromatic rings. The van der Waals surface area contributed by atoms with E-state index in [-0.39, 0.29) is 22.3 Å². The van der Waals surface area contributed by atoms with Crippen LogP contribution in [0.5, 0.6) is 0 Å². The first-order valence-corrected chi connectivity index (χ1v) is 14.2. The zero-order valence-electron chi connectivity index (χ0n) is 21.5. The molecule has 9 heteroatoms. The molecule has 0 bridgehead atoms. The van der Waals surface area contributed by atoms with Crippen molar-refractivity contribution in [2.24, 2.45) is 0 Å². The van der Waals surface area contributed by atoms with Crippen molar-refractivity contribution in [1.29, 1.82) is 0 Å². The number of amides is 2. The number of sulfonamides is 1. The Labute approximate surface area is 218 Å². The molecule has 37 heavy (non-hydrogen) atoms. The molecule has 0 saturated heterocycles. The number of fused-ring (bicyclic) bond motifs is 2. The summed E-state index contributed by atoms with van der Waals surface area (Å²) in [5.41, 5.74) is 6.16. The standard InChI is InChI=1S/C28H33N5O3S/c1-19(2)26-23(16-30-18-32-26)21-8-11-25-24(14-21)28(12-4-5-13-28)17-33(25)27(34)31-15-20-6-9-22(10-7-20)37(35,36)29-3/h6-11,14,16,18-19,29H,4-5,12-13,15,17H2,1-3H3,(H,31,34). The Hall–Kier alpha value is -3.30. The van der Waals surface area contributed by atoms with Crippen molar-refractivity contribution in [2.75, 3.05) is 18.5 Å². The maximum atomic E-state index is 13.4. The minimum atomic E-state index is -3.49. The van der Waals surface area contributed by atoms with Gasteiger partial charge in [0.15, 0.2) is 0 Å². The van der Waals surface area contributed by atoms with Crippen LogP contribution >= 0.6 is 0 Å². The van der Waals surface area contributed by atoms with Gasteiger partial charge in [0.1, 0.15) is 6.33 Å². The molecule has 2 aliphatic rings. The first kappa shape index (κ1) is 25.4. The second kappa shape index (κ2) is 9.87. The molecule has 1 fully saturated rings. The fourth-order valence-corrected chi connectivity index (χ4v) is 6.43. The third-order valence-corrected chi connectivity index (χ3v) is 9.10. The molecule has 1 aliphatic heterocycles. The molecule has 1 spiro atoms. The highest BCUT2D eigenvalue weighted by atomic mass is 32.2. The van der Waals surface area contributed by atoms with E-state index in [2.05, 4.69) is 52.1 Å². The van der Waals surface area contributed by atoms with Crippen LogP contribution in [0.15, 0.2) is 59.9 Å². The molecule has 2 amide bonds. The average Bonchev–Trinajstić information content (AvgIpc) is 3.52. The molecule has 2 aromatic carbocycles. The lowest BCUT2D eigenvalue weighted by Crippen LogP contribution is -2.41. The van der Waals surface area contributed by atoms with Crippen LogP contribution in [-0.2, 0) is 22.0 Å². The quantitative estimate of drug-likeness (QED) is 0.491. The summed E-state index contributed by atoms with van der Waals surface area (Å²) in [6, 6.07) is 12.8. The first-order valence-electron chi connectivity index (χ1n) is 12.8. The molecule has 0 unspecified atom stereocenters. The SMILES string of the molecule is CNS(=O)(=O)c1ccc(CNC(=O)N2CC3(CCCC3)c3cc(-c4cncnc4C(C)C)ccc32)cc1. The second-order valence-electron chi connectivity index (χ2n) is 10.3. The maximum Gasteiger partial charge on any atom is 0.322 e. The van der Waals surface area contributed by atoms with E-state index in [4.69, 9.17) is 0 Å². The van der Waals surface area contributed by atoms with E-state index >= 15 is 0 Å². The first-order chi connectivity index (χ1) is 17.7. The monoisotopic (exact) mass is 519 g/mol. The van der Waals surface area contributed by atoms with E-state index in [9.17, 15) is 13.2 Å². The van der Waals surface area contributed by atoms with Crippen LogP contribution in [0.1, 0.15) is 62.3 Å². The van der Waals surface area contributed by atoms with Crippen molar-refractivity contribution >= 4 is 21.7 Å². The Kier molecular flexibility index (Phi) is 6.76. The number of aromatic nitrogens is 2. The van der Waals surface area contributed by atoms with Crippen LogP contribution in [0.2, 0.25) is 0 Å². The van der Waals surface area contributed by atoms with Gasteiger partial charge < -0.3 is 5.32 Å². The van der Waals surface area contributed by atoms with Crippen molar-refractivity contribution in [2.45, 2.75) is 62.3 Å². The van der Waals surface area contributed by atoms with Crippen molar-refractivity contribution in [3.63, 3.8) is 0 Å². The normalized spacial score (nSPS) is 16.4. The van der Waals surface area contributed by atoms with Crippen LogP contribution in [-0.4, -0.2) is 38.0 Å². The van der Waals surface area contributed by atoms with Crippen LogP contribution in [0, 0.1) is 0 Å². The Morgan fingerprint density at radius 2 is 1.84 bits per heavy atom. The van der Waals surface area contributed by atoms with E-state index in [0.29, 0.717) is 13.1 Å². The molecule has 8 nitrogen and oxygen atoms in total. The third-order valence-electron chi connectivity index (χ3n) is 7.67. The number of hydrogen-bond acceptors (Lipinski definition) is 5. The van der Waals surface area contributed by atoms with Crippen molar-refractivity contribution < 1.29 is 13.2 Å². The molecule has 1 aromatic heterocycles. The molecular formula is C28H33N5O3S. The maximum absolute atomic E-state index is 13.4. The highest BCUT2D eigenvalue weighted by Crippen LogP contribution is 2.51. The second-order valence-corrected chi connectivity index (χ2v) is 12.2. The van der Waals surface area contributed by atoms with Crippen LogP contribution < -0.4 is 14.9 Å². The summed E-state index contributed by atoms with van der Waals surface area (Å²) >= 11 is 0. The summed E-state index contributed by atoms with van der Waals surface area (Å²) in [4.78, 5) is 24.3. The molecule has 194 valence electrons. The Bertz CT molecular complexity index is 1410. The number of carbonyl (C=O) groups is 1. The van der Waals surface area contributed by atoms with Crippen molar-refractivity contribution in [3.8, 4) is 11.1 Å². The topological polar surface area (TPSA) is 104 Å². The summed E-state index contributed by atoms with van der Waals surface area (Å²) in [5, 5.41) is 3.03. The summed E-state index contributed by atoms with van der Waals surface area (Å²) in [6.07, 6.45) is 7.94. The Morgan fingerprint density at radius 3 is 2.51 bits per heavy atom. The number of benzene rings is 2. The highest BCUT2D eigenvalue weighted by molar-refractivity contribution is 7.89. The molecule has 0 radical (unpaired) electrons. The highest BCUT2D eigenvalue weighted by Gasteiger charge is 2.46. The molecule has 0 atom stereocenters. The van der Waals surface area contributed by atoms with Gasteiger partial charge in [-0.1, -0.05) is 44.9 Å². The largest absolute Gasteiger partial charge is 0.334 e. The number of nitrogens with zero attached hydrogens (tertiary/aromatic N) is 3. The fraction of sp³-hybridized carbons (Fsp3) is 0.393. The lowest BCUT2D eigenvalue weighted by molar-refractivity contribution is 0.245. The van der Waals surface area contributed by atoms with Gasteiger partial charge in [0.2, 0.25) is 10.0 Å². The number of anilines is 1. The zero-order valence-corrected chi connectivity index (χ0v) is 22.3. The molecule has 1 saturated carbocycles. The minimum Gasteiger partial charge on any atom is -0.334 e. The van der Waals surface area contributed by atoms with Gasteiger partial charge in [-0.2, -0.15) is 0 Å². The van der Waals surface area contributed by atoms with E-state index in [0.717, 1.165) is 53.8 Å². The Balaban J connectivity index is 1.40. The van der Waals surface area contributed by atoms with Gasteiger partial charge in [-0.3, -0.25) is 4.90 Å². The molecular weight excluding hydrogens is 486 g/mol. The van der Waals surface area contributed by atoms with Gasteiger partial charge in [-0.05, 0) is 66.8 Å². The number of nitrogens with one attached hydrogen (secondary N) is 2. The van der Waals surface area contributed by atoms with Crippen LogP contribution in [0.3, 0.4) is 0 Å². The summed E-state index contributed by atoms with van der Waals surface area (Å²) < 4.78 is 26.2. The minimum absolute atomic E-state index is 0.0283. The number of urea groups is 1. The third kappa shape index (κ3) is 4.73. The number of carbonyl (C=O) groups excluding carboxylic acids is 1. The lowest BCUT2D eigenvalue weighted by Gasteiger charge is -2.25. The van der Waals surface area contributed by atoms with Gasteiger partial charge in [0.05, 0.1) is 10.6 Å². The summed E-state index contributed by atoms with van der Waals surface area (Å²) in [6.45, 7) is 5.25. The molecule has 5 rings (SSSR count). The zero-order chi connectivity index (χ0) is 26.2. The van der Waals surface area contributed by atoms with E-state index < -0.39 is 10.0 Å². The molecule has 1 aliphatic carbocycles. The smallest absolute Gasteiger partial charge is 0.322 e. The van der Waals surface area contributed by atoms with Crippen molar-refractivity contribution in [3.05, 3.63) is 71.8 Å². The van der Waals surface area contributed by atoms with Gasteiger partial charge in [-0.15, -0.1) is 0 Å². The number of hydrogen-bond donors (Lipinski definition) is 2. The number of rotatable bonds is 6. The molecule has 2 N–H and O–H groups in total. The van der Waals surface area contributed by atoms with Gasteiger partial charge in [-0.25, -0.2) is 27.9 Å². The lowest BCUT2D eigenvalue weighted by atomic mass is 9.80.